The van der Waals surface area contributed by atoms with Gasteiger partial charge in [0.1, 0.15) is 11.8 Å². The van der Waals surface area contributed by atoms with Gasteiger partial charge in [-0.15, -0.1) is 0 Å². The third-order valence-corrected chi connectivity index (χ3v) is 3.78. The number of hydrogen-bond donors (Lipinski definition) is 5. The molecule has 132 valence electrons. The van der Waals surface area contributed by atoms with Crippen molar-refractivity contribution >= 4 is 16.9 Å². The normalized spacial score (nSPS) is 11.6. The third-order valence-electron chi connectivity index (χ3n) is 3.78. The average Bonchev–Trinajstić information content (AvgIpc) is 2.99. The molecule has 6 heteroatoms. The van der Waals surface area contributed by atoms with Gasteiger partial charge in [0.2, 0.25) is 0 Å². The zero-order valence-corrected chi connectivity index (χ0v) is 13.9. The Balaban J connectivity index is 0.000000181. The van der Waals surface area contributed by atoms with Gasteiger partial charge in [0, 0.05) is 17.1 Å². The second-order valence-electron chi connectivity index (χ2n) is 5.72. The summed E-state index contributed by atoms with van der Waals surface area (Å²) in [6.07, 6.45) is 3.16. The summed E-state index contributed by atoms with van der Waals surface area (Å²) in [5, 5.41) is 18.9. The van der Waals surface area contributed by atoms with Crippen LogP contribution < -0.4 is 11.5 Å². The number of carbonyl (C=O) groups is 1. The van der Waals surface area contributed by atoms with Crippen molar-refractivity contribution in [1.29, 1.82) is 0 Å². The SMILES string of the molecule is NC(Cc1ccccc1)C(=O)O.NCCc1c[nH]c2ccc(O)cc12. The van der Waals surface area contributed by atoms with Crippen LogP contribution in [0.15, 0.2) is 54.7 Å². The number of aromatic amines is 1. The minimum Gasteiger partial charge on any atom is -0.508 e. The summed E-state index contributed by atoms with van der Waals surface area (Å²) in [6, 6.07) is 13.8. The van der Waals surface area contributed by atoms with Gasteiger partial charge in [0.25, 0.3) is 0 Å². The Morgan fingerprint density at radius 3 is 2.52 bits per heavy atom. The predicted molar refractivity (Wildman–Crippen MR) is 98.5 cm³/mol. The number of aliphatic carboxylic acids is 1. The molecule has 0 saturated carbocycles. The first-order chi connectivity index (χ1) is 12.0. The highest BCUT2D eigenvalue weighted by Crippen LogP contribution is 2.22. The van der Waals surface area contributed by atoms with E-state index >= 15 is 0 Å². The quantitative estimate of drug-likeness (QED) is 0.485. The third kappa shape index (κ3) is 5.34. The molecule has 0 radical (unpaired) electrons. The van der Waals surface area contributed by atoms with Crippen LogP contribution in [-0.2, 0) is 17.6 Å². The Labute approximate surface area is 146 Å². The number of aromatic hydroxyl groups is 1. The standard InChI is InChI=1S/C10H12N2O.C9H11NO2/c11-4-3-7-6-12-10-2-1-8(13)5-9(7)10;10-8(9(11)12)6-7-4-2-1-3-5-7/h1-2,5-6,12-13H,3-4,11H2;1-5,8H,6,10H2,(H,11,12). The van der Waals surface area contributed by atoms with Crippen molar-refractivity contribution in [2.75, 3.05) is 6.54 Å². The van der Waals surface area contributed by atoms with Crippen molar-refractivity contribution < 1.29 is 15.0 Å². The minimum absolute atomic E-state index is 0.297. The van der Waals surface area contributed by atoms with Crippen molar-refractivity contribution in [2.24, 2.45) is 11.5 Å². The maximum absolute atomic E-state index is 10.4. The van der Waals surface area contributed by atoms with E-state index in [1.54, 1.807) is 12.1 Å². The zero-order chi connectivity index (χ0) is 18.2. The van der Waals surface area contributed by atoms with Crippen LogP contribution in [0, 0.1) is 0 Å². The lowest BCUT2D eigenvalue weighted by Crippen LogP contribution is -2.32. The van der Waals surface area contributed by atoms with Gasteiger partial charge in [-0.2, -0.15) is 0 Å². The summed E-state index contributed by atoms with van der Waals surface area (Å²) >= 11 is 0. The molecule has 0 aliphatic heterocycles. The number of nitrogens with one attached hydrogen (secondary N) is 1. The van der Waals surface area contributed by atoms with Crippen LogP contribution in [0.5, 0.6) is 5.75 Å². The lowest BCUT2D eigenvalue weighted by molar-refractivity contribution is -0.138. The number of H-pyrrole nitrogens is 1. The Hall–Kier alpha value is -2.83. The Bertz CT molecular complexity index is 815. The fraction of sp³-hybridized carbons (Fsp3) is 0.211. The molecule has 25 heavy (non-hydrogen) atoms. The van der Waals surface area contributed by atoms with Crippen molar-refractivity contribution in [3.8, 4) is 5.75 Å². The summed E-state index contributed by atoms with van der Waals surface area (Å²) in [5.74, 6) is -0.663. The first-order valence-corrected chi connectivity index (χ1v) is 8.02. The van der Waals surface area contributed by atoms with Crippen molar-refractivity contribution in [3.05, 3.63) is 65.9 Å². The van der Waals surface area contributed by atoms with Gasteiger partial charge in [-0.05, 0) is 48.7 Å². The van der Waals surface area contributed by atoms with E-state index in [0.29, 0.717) is 18.7 Å². The fourth-order valence-corrected chi connectivity index (χ4v) is 2.48. The van der Waals surface area contributed by atoms with E-state index in [1.165, 1.54) is 0 Å². The number of phenols is 1. The lowest BCUT2D eigenvalue weighted by Gasteiger charge is -2.04. The summed E-state index contributed by atoms with van der Waals surface area (Å²) in [7, 11) is 0. The topological polar surface area (TPSA) is 125 Å². The van der Waals surface area contributed by atoms with E-state index in [0.717, 1.165) is 28.5 Å². The van der Waals surface area contributed by atoms with E-state index in [2.05, 4.69) is 4.98 Å². The first-order valence-electron chi connectivity index (χ1n) is 8.02. The Morgan fingerprint density at radius 2 is 1.88 bits per heavy atom. The molecule has 0 amide bonds. The van der Waals surface area contributed by atoms with Crippen LogP contribution in [0.2, 0.25) is 0 Å². The summed E-state index contributed by atoms with van der Waals surface area (Å²) in [4.78, 5) is 13.5. The molecular weight excluding hydrogens is 318 g/mol. The number of rotatable bonds is 5. The van der Waals surface area contributed by atoms with Gasteiger partial charge >= 0.3 is 5.97 Å². The molecular formula is C19H23N3O3. The second kappa shape index (κ2) is 8.86. The van der Waals surface area contributed by atoms with Crippen LogP contribution in [0.25, 0.3) is 10.9 Å². The number of nitrogens with two attached hydrogens (primary N) is 2. The lowest BCUT2D eigenvalue weighted by atomic mass is 10.1. The predicted octanol–water partition coefficient (Wildman–Crippen LogP) is 2.02. The van der Waals surface area contributed by atoms with Gasteiger partial charge in [-0.3, -0.25) is 4.79 Å². The maximum atomic E-state index is 10.4. The van der Waals surface area contributed by atoms with E-state index in [1.807, 2.05) is 42.6 Å². The molecule has 1 unspecified atom stereocenters. The average molecular weight is 341 g/mol. The highest BCUT2D eigenvalue weighted by molar-refractivity contribution is 5.84. The molecule has 0 saturated heterocycles. The van der Waals surface area contributed by atoms with Gasteiger partial charge in [0.05, 0.1) is 0 Å². The molecule has 0 fully saturated rings. The maximum Gasteiger partial charge on any atom is 0.320 e. The van der Waals surface area contributed by atoms with Crippen LogP contribution in [-0.4, -0.2) is 33.8 Å². The molecule has 1 atom stereocenters. The zero-order valence-electron chi connectivity index (χ0n) is 13.9. The van der Waals surface area contributed by atoms with E-state index < -0.39 is 12.0 Å². The van der Waals surface area contributed by atoms with E-state index in [-0.39, 0.29) is 0 Å². The monoisotopic (exact) mass is 341 g/mol. The van der Waals surface area contributed by atoms with E-state index in [4.69, 9.17) is 16.6 Å². The molecule has 0 aliphatic rings. The molecule has 3 rings (SSSR count). The largest absolute Gasteiger partial charge is 0.508 e. The molecule has 0 aliphatic carbocycles. The van der Waals surface area contributed by atoms with E-state index in [9.17, 15) is 9.90 Å². The van der Waals surface area contributed by atoms with Crippen LogP contribution >= 0.6 is 0 Å². The number of benzene rings is 2. The van der Waals surface area contributed by atoms with Crippen LogP contribution in [0.3, 0.4) is 0 Å². The second-order valence-corrected chi connectivity index (χ2v) is 5.72. The fourth-order valence-electron chi connectivity index (χ4n) is 2.48. The van der Waals surface area contributed by atoms with Gasteiger partial charge in [-0.1, -0.05) is 30.3 Å². The van der Waals surface area contributed by atoms with Crippen LogP contribution in [0.1, 0.15) is 11.1 Å². The van der Waals surface area contributed by atoms with Gasteiger partial charge in [-0.25, -0.2) is 0 Å². The number of phenolic OH excluding ortho intramolecular Hbond substituents is 1. The van der Waals surface area contributed by atoms with Gasteiger partial charge < -0.3 is 26.7 Å². The molecule has 0 bridgehead atoms. The Kier molecular flexibility index (Phi) is 6.56. The minimum atomic E-state index is -0.959. The van der Waals surface area contributed by atoms with Crippen molar-refractivity contribution in [2.45, 2.75) is 18.9 Å². The summed E-state index contributed by atoms with van der Waals surface area (Å²) < 4.78 is 0. The number of hydrogen-bond acceptors (Lipinski definition) is 4. The first kappa shape index (κ1) is 18.5. The molecule has 7 N–H and O–H groups in total. The number of carboxylic acids is 1. The molecule has 1 heterocycles. The molecule has 0 spiro atoms. The summed E-state index contributed by atoms with van der Waals surface area (Å²) in [6.45, 7) is 0.628. The molecule has 3 aromatic rings. The summed E-state index contributed by atoms with van der Waals surface area (Å²) in [5.41, 5.74) is 14.0. The smallest absolute Gasteiger partial charge is 0.320 e. The molecule has 1 aromatic heterocycles. The van der Waals surface area contributed by atoms with Crippen LogP contribution in [0.4, 0.5) is 0 Å². The molecule has 6 nitrogen and oxygen atoms in total. The van der Waals surface area contributed by atoms with Crippen molar-refractivity contribution in [3.63, 3.8) is 0 Å². The van der Waals surface area contributed by atoms with Gasteiger partial charge in [0.15, 0.2) is 0 Å². The molecule has 2 aromatic carbocycles. The number of aromatic nitrogens is 1. The highest BCUT2D eigenvalue weighted by atomic mass is 16.4. The number of carboxylic acid groups (broad SMARTS) is 1. The van der Waals surface area contributed by atoms with Crippen molar-refractivity contribution in [1.82, 2.24) is 4.98 Å². The highest BCUT2D eigenvalue weighted by Gasteiger charge is 2.10. The number of fused-ring (bicyclic) bond motifs is 1. The Morgan fingerprint density at radius 1 is 1.16 bits per heavy atom.